The van der Waals surface area contributed by atoms with Gasteiger partial charge in [-0.3, -0.25) is 9.36 Å². The second-order valence-corrected chi connectivity index (χ2v) is 4.74. The maximum Gasteiger partial charge on any atom is 0.352 e. The zero-order valence-corrected chi connectivity index (χ0v) is 11.6. The quantitative estimate of drug-likeness (QED) is 0.571. The fourth-order valence-electron chi connectivity index (χ4n) is 2.55. The number of aliphatic hydroxyl groups excluding tert-OH is 2. The number of anilines is 1. The number of carbonyl (C=O) groups excluding carboxylic acids is 1. The number of aromatic nitrogens is 2. The fraction of sp³-hybridized carbons (Fsp3) is 0.583. The molecule has 0 bridgehead atoms. The van der Waals surface area contributed by atoms with Crippen molar-refractivity contribution in [3.63, 3.8) is 0 Å². The molecule has 0 unspecified atom stereocenters. The fourth-order valence-corrected chi connectivity index (χ4v) is 2.55. The van der Waals surface area contributed by atoms with Crippen LogP contribution in [0.2, 0.25) is 0 Å². The van der Waals surface area contributed by atoms with Crippen LogP contribution in [0.1, 0.15) is 6.92 Å². The summed E-state index contributed by atoms with van der Waals surface area (Å²) in [6.45, 7) is 0.661. The number of methoxy groups -OCH3 is 1. The van der Waals surface area contributed by atoms with E-state index in [0.29, 0.717) is 0 Å². The number of Topliss-reactive ketones (excluding diaryl/α,β-unsaturated/α-hetero) is 1. The minimum absolute atomic E-state index is 0.0128. The summed E-state index contributed by atoms with van der Waals surface area (Å²) in [7, 11) is 1.27. The molecule has 0 radical (unpaired) electrons. The van der Waals surface area contributed by atoms with Crippen molar-refractivity contribution in [1.29, 1.82) is 0 Å². The summed E-state index contributed by atoms with van der Waals surface area (Å²) in [5.41, 5.74) is 2.70. The molecule has 2 heterocycles. The first kappa shape index (κ1) is 15.6. The number of ketones is 1. The molecule has 116 valence electrons. The van der Waals surface area contributed by atoms with Gasteiger partial charge in [0.2, 0.25) is 5.72 Å². The predicted octanol–water partition coefficient (Wildman–Crippen LogP) is -2.17. The lowest BCUT2D eigenvalue weighted by atomic mass is 9.98. The zero-order chi connectivity index (χ0) is 15.8. The topological polar surface area (TPSA) is 137 Å². The number of hydrogen-bond donors (Lipinski definition) is 3. The number of aliphatic hydroxyl groups is 2. The standard InChI is InChI=1S/C12H17N3O6/c1-6(17)12(15-4-3-8(13)14-11(15)19)10(20-2)9(18)7(5-16)21-12/h3-4,7,9-10,16,18H,5H2,1-2H3,(H2,13,14,19)/t7-,9-,10-,12-/m1/s1. The van der Waals surface area contributed by atoms with E-state index in [0.717, 1.165) is 4.57 Å². The van der Waals surface area contributed by atoms with Crippen molar-refractivity contribution < 1.29 is 24.5 Å². The molecule has 0 aromatic carbocycles. The molecule has 0 amide bonds. The van der Waals surface area contributed by atoms with Crippen LogP contribution in [0.5, 0.6) is 0 Å². The second-order valence-electron chi connectivity index (χ2n) is 4.74. The first-order chi connectivity index (χ1) is 9.88. The van der Waals surface area contributed by atoms with E-state index in [4.69, 9.17) is 15.2 Å². The van der Waals surface area contributed by atoms with Crippen LogP contribution < -0.4 is 11.4 Å². The van der Waals surface area contributed by atoms with Crippen molar-refractivity contribution >= 4 is 11.6 Å². The van der Waals surface area contributed by atoms with Gasteiger partial charge in [0.25, 0.3) is 0 Å². The van der Waals surface area contributed by atoms with Gasteiger partial charge in [0.15, 0.2) is 5.78 Å². The van der Waals surface area contributed by atoms with Gasteiger partial charge < -0.3 is 25.4 Å². The van der Waals surface area contributed by atoms with Gasteiger partial charge in [-0.25, -0.2) is 4.79 Å². The number of nitrogens with zero attached hydrogens (tertiary/aromatic N) is 2. The Morgan fingerprint density at radius 1 is 1.67 bits per heavy atom. The van der Waals surface area contributed by atoms with Gasteiger partial charge in [-0.05, 0) is 13.0 Å². The van der Waals surface area contributed by atoms with Crippen LogP contribution >= 0.6 is 0 Å². The summed E-state index contributed by atoms with van der Waals surface area (Å²) < 4.78 is 11.6. The summed E-state index contributed by atoms with van der Waals surface area (Å²) in [6.07, 6.45) is -2.28. The number of ether oxygens (including phenoxy) is 2. The van der Waals surface area contributed by atoms with E-state index in [9.17, 15) is 19.8 Å². The van der Waals surface area contributed by atoms with E-state index in [-0.39, 0.29) is 5.82 Å². The number of carbonyl (C=O) groups is 1. The van der Waals surface area contributed by atoms with Crippen LogP contribution in [0.4, 0.5) is 5.82 Å². The van der Waals surface area contributed by atoms with Gasteiger partial charge in [-0.1, -0.05) is 0 Å². The highest BCUT2D eigenvalue weighted by atomic mass is 16.6. The largest absolute Gasteiger partial charge is 0.394 e. The Bertz CT molecular complexity index is 603. The highest BCUT2D eigenvalue weighted by molar-refractivity contribution is 5.84. The minimum Gasteiger partial charge on any atom is -0.394 e. The number of hydrogen-bond acceptors (Lipinski definition) is 8. The summed E-state index contributed by atoms with van der Waals surface area (Å²) in [6, 6.07) is 1.32. The number of rotatable bonds is 4. The third-order valence-corrected chi connectivity index (χ3v) is 3.53. The third kappa shape index (κ3) is 2.23. The lowest BCUT2D eigenvalue weighted by Crippen LogP contribution is -2.55. The molecule has 1 aliphatic heterocycles. The molecule has 9 heteroatoms. The van der Waals surface area contributed by atoms with Crippen molar-refractivity contribution in [2.75, 3.05) is 19.5 Å². The summed E-state index contributed by atoms with van der Waals surface area (Å²) >= 11 is 0. The predicted molar refractivity (Wildman–Crippen MR) is 70.3 cm³/mol. The van der Waals surface area contributed by atoms with Crippen molar-refractivity contribution in [2.45, 2.75) is 31.0 Å². The second kappa shape index (κ2) is 5.53. The molecular formula is C12H17N3O6. The first-order valence-corrected chi connectivity index (χ1v) is 6.24. The Hall–Kier alpha value is -1.81. The Labute approximate surface area is 119 Å². The van der Waals surface area contributed by atoms with Crippen molar-refractivity contribution in [2.24, 2.45) is 0 Å². The molecule has 1 aromatic rings. The highest BCUT2D eigenvalue weighted by Gasteiger charge is 2.60. The number of nitrogens with two attached hydrogens (primary N) is 1. The van der Waals surface area contributed by atoms with Gasteiger partial charge in [-0.2, -0.15) is 4.98 Å². The van der Waals surface area contributed by atoms with Crippen LogP contribution in [-0.4, -0.2) is 57.6 Å². The van der Waals surface area contributed by atoms with Gasteiger partial charge in [-0.15, -0.1) is 0 Å². The van der Waals surface area contributed by atoms with E-state index >= 15 is 0 Å². The third-order valence-electron chi connectivity index (χ3n) is 3.53. The molecule has 1 fully saturated rings. The van der Waals surface area contributed by atoms with Gasteiger partial charge >= 0.3 is 5.69 Å². The molecule has 9 nitrogen and oxygen atoms in total. The Morgan fingerprint density at radius 3 is 2.81 bits per heavy atom. The molecule has 2 rings (SSSR count). The Kier molecular flexibility index (Phi) is 4.10. The van der Waals surface area contributed by atoms with Crippen LogP contribution in [0.15, 0.2) is 17.1 Å². The Morgan fingerprint density at radius 2 is 2.33 bits per heavy atom. The molecule has 1 aliphatic rings. The Balaban J connectivity index is 2.66. The van der Waals surface area contributed by atoms with E-state index in [1.54, 1.807) is 0 Å². The van der Waals surface area contributed by atoms with Gasteiger partial charge in [0.05, 0.1) is 6.61 Å². The zero-order valence-electron chi connectivity index (χ0n) is 11.6. The summed E-state index contributed by atoms with van der Waals surface area (Å²) in [4.78, 5) is 27.7. The van der Waals surface area contributed by atoms with Crippen LogP contribution in [0, 0.1) is 0 Å². The SMILES string of the molecule is CO[C@@H]1[C@H](O)[C@@H](CO)O[C@@]1(C(C)=O)n1ccc(N)nc1=O. The lowest BCUT2D eigenvalue weighted by molar-refractivity contribution is -0.177. The molecule has 1 saturated heterocycles. The van der Waals surface area contributed by atoms with Gasteiger partial charge in [0, 0.05) is 13.3 Å². The first-order valence-electron chi connectivity index (χ1n) is 6.24. The summed E-state index contributed by atoms with van der Waals surface area (Å²) in [5, 5.41) is 19.4. The van der Waals surface area contributed by atoms with Crippen LogP contribution in [0.3, 0.4) is 0 Å². The van der Waals surface area contributed by atoms with Crippen molar-refractivity contribution in [3.8, 4) is 0 Å². The molecule has 0 spiro atoms. The average Bonchev–Trinajstić information content (AvgIpc) is 2.72. The van der Waals surface area contributed by atoms with Gasteiger partial charge in [0.1, 0.15) is 24.1 Å². The highest BCUT2D eigenvalue weighted by Crippen LogP contribution is 2.37. The maximum absolute atomic E-state index is 12.2. The molecule has 0 saturated carbocycles. The molecular weight excluding hydrogens is 282 g/mol. The van der Waals surface area contributed by atoms with Crippen LogP contribution in [0.25, 0.3) is 0 Å². The molecule has 1 aromatic heterocycles. The number of nitrogen functional groups attached to an aromatic ring is 1. The van der Waals surface area contributed by atoms with E-state index in [2.05, 4.69) is 4.98 Å². The summed E-state index contributed by atoms with van der Waals surface area (Å²) in [5.74, 6) is -0.584. The van der Waals surface area contributed by atoms with Crippen molar-refractivity contribution in [1.82, 2.24) is 9.55 Å². The molecule has 21 heavy (non-hydrogen) atoms. The maximum atomic E-state index is 12.2. The lowest BCUT2D eigenvalue weighted by Gasteiger charge is -2.32. The molecule has 4 N–H and O–H groups in total. The molecule has 0 aliphatic carbocycles. The van der Waals surface area contributed by atoms with E-state index in [1.165, 1.54) is 26.3 Å². The normalized spacial score (nSPS) is 32.3. The molecule has 4 atom stereocenters. The van der Waals surface area contributed by atoms with Crippen LogP contribution in [-0.2, 0) is 20.0 Å². The smallest absolute Gasteiger partial charge is 0.352 e. The average molecular weight is 299 g/mol. The minimum atomic E-state index is -1.90. The van der Waals surface area contributed by atoms with Crippen molar-refractivity contribution in [3.05, 3.63) is 22.7 Å². The van der Waals surface area contributed by atoms with E-state index < -0.39 is 42.1 Å². The van der Waals surface area contributed by atoms with E-state index in [1.807, 2.05) is 0 Å². The monoisotopic (exact) mass is 299 g/mol.